The molecule has 0 unspecified atom stereocenters. The van der Waals surface area contributed by atoms with E-state index >= 15 is 0 Å². The van der Waals surface area contributed by atoms with Crippen molar-refractivity contribution in [2.75, 3.05) is 30.4 Å². The fourth-order valence-corrected chi connectivity index (χ4v) is 61.0. The summed E-state index contributed by atoms with van der Waals surface area (Å²) in [6.07, 6.45) is 29.6. The van der Waals surface area contributed by atoms with Gasteiger partial charge in [0.15, 0.2) is 8.32 Å². The second kappa shape index (κ2) is 30.1. The second-order valence-corrected chi connectivity index (χ2v) is 58.3. The van der Waals surface area contributed by atoms with Gasteiger partial charge in [0.25, 0.3) is 0 Å². The van der Waals surface area contributed by atoms with E-state index in [2.05, 4.69) is 137 Å². The predicted octanol–water partition coefficient (Wildman–Crippen LogP) is 15.6. The number of carbonyl (C=O) groups is 1. The molecule has 0 aliphatic heterocycles. The Bertz CT molecular complexity index is 1280. The standard InChI is InChI=1S/C46H108NO8PSi8/c1-22-25-28-31-34-37-40-56(41-38-35-32-29-26-23-2,42-39-36-33-30-27-24-3)44-58(8,9)50-60(12,13)52-62(16,17)54-64(20,21)55-63(18,19)53-61(14,15)51-59(10,11)49-57(6,7)43-47-46(48)45(4)5/h4,22-44H2,1-3,5-21H3/p+1. The fraction of sp³-hybridized carbons (Fsp3) is 0.935. The van der Waals surface area contributed by atoms with Crippen molar-refractivity contribution >= 4 is 81.2 Å². The van der Waals surface area contributed by atoms with Crippen LogP contribution in [-0.4, -0.2) is 104 Å². The van der Waals surface area contributed by atoms with Crippen LogP contribution < -0.4 is 5.32 Å². The minimum atomic E-state index is -2.72. The molecule has 0 fully saturated rings. The van der Waals surface area contributed by atoms with Gasteiger partial charge in [-0.25, -0.2) is 0 Å². The van der Waals surface area contributed by atoms with Crippen molar-refractivity contribution in [1.29, 1.82) is 0 Å². The van der Waals surface area contributed by atoms with E-state index in [0.29, 0.717) is 11.7 Å². The molecular weight excluding hydrogens is 950 g/mol. The highest BCUT2D eigenvalue weighted by Crippen LogP contribution is 2.62. The maximum Gasteiger partial charge on any atom is 0.314 e. The lowest BCUT2D eigenvalue weighted by Crippen LogP contribution is -2.62. The van der Waals surface area contributed by atoms with Crippen LogP contribution in [0.3, 0.4) is 0 Å². The zero-order chi connectivity index (χ0) is 49.6. The average Bonchev–Trinajstić information content (AvgIpc) is 3.07. The van der Waals surface area contributed by atoms with Crippen molar-refractivity contribution < 1.29 is 33.6 Å². The Balaban J connectivity index is 6.00. The minimum absolute atomic E-state index is 0.142. The molecule has 0 atom stereocenters. The molecule has 64 heavy (non-hydrogen) atoms. The number of nitrogens with one attached hydrogen (secondary N) is 1. The van der Waals surface area contributed by atoms with E-state index in [0.717, 1.165) is 0 Å². The lowest BCUT2D eigenvalue weighted by Gasteiger charge is -2.44. The molecule has 1 N–H and O–H groups in total. The van der Waals surface area contributed by atoms with Gasteiger partial charge >= 0.3 is 51.4 Å². The third kappa shape index (κ3) is 32.8. The molecule has 0 aromatic carbocycles. The number of carbonyl (C=O) groups excluding carboxylic acids is 1. The van der Waals surface area contributed by atoms with Crippen molar-refractivity contribution in [2.24, 2.45) is 0 Å². The van der Waals surface area contributed by atoms with Crippen LogP contribution in [0.25, 0.3) is 0 Å². The Morgan fingerprint density at radius 3 is 0.938 bits per heavy atom. The monoisotopic (exact) mass is 1060 g/mol. The van der Waals surface area contributed by atoms with Crippen molar-refractivity contribution in [3.8, 4) is 0 Å². The molecule has 0 aliphatic carbocycles. The smallest absolute Gasteiger partial charge is 0.314 e. The SMILES string of the molecule is C=C(C)C(=O)NC[Si](C)(C)O[Si](C)(C)O[Si](C)(C)O[Si](C)(C)O[Si](C)(C)O[Si](C)(C)O[Si](C)(C)O[Si](C)(C)C[P+](CCCCCCCC)(CCCCCCCC)CCCCCCCC. The quantitative estimate of drug-likeness (QED) is 0.0281. The van der Waals surface area contributed by atoms with E-state index in [9.17, 15) is 4.79 Å². The lowest BCUT2D eigenvalue weighted by atomic mass is 10.1. The van der Waals surface area contributed by atoms with Crippen molar-refractivity contribution in [1.82, 2.24) is 5.32 Å². The van der Waals surface area contributed by atoms with Crippen LogP contribution in [-0.2, 0) is 33.6 Å². The summed E-state index contributed by atoms with van der Waals surface area (Å²) in [5.41, 5.74) is 0.494. The highest BCUT2D eigenvalue weighted by Gasteiger charge is 2.51. The van der Waals surface area contributed by atoms with Crippen LogP contribution in [0.1, 0.15) is 143 Å². The van der Waals surface area contributed by atoms with Crippen LogP contribution in [0.2, 0.25) is 105 Å². The van der Waals surface area contributed by atoms with Crippen LogP contribution >= 0.6 is 7.26 Å². The van der Waals surface area contributed by atoms with Gasteiger partial charge in [-0.3, -0.25) is 4.79 Å². The summed E-state index contributed by atoms with van der Waals surface area (Å²) in [6.45, 7) is 47.4. The van der Waals surface area contributed by atoms with Crippen LogP contribution in [0.5, 0.6) is 0 Å². The number of hydrogen-bond donors (Lipinski definition) is 1. The summed E-state index contributed by atoms with van der Waals surface area (Å²) < 4.78 is 48.9. The van der Waals surface area contributed by atoms with Crippen molar-refractivity contribution in [3.05, 3.63) is 12.2 Å². The molecule has 0 radical (unpaired) electrons. The summed E-state index contributed by atoms with van der Waals surface area (Å²) in [4.78, 5) is 12.2. The van der Waals surface area contributed by atoms with Gasteiger partial charge in [-0.05, 0) is 150 Å². The molecule has 18 heteroatoms. The molecule has 382 valence electrons. The molecule has 0 aliphatic rings. The topological polar surface area (TPSA) is 93.7 Å². The first-order valence-electron chi connectivity index (χ1n) is 25.9. The Morgan fingerprint density at radius 2 is 0.656 bits per heavy atom. The summed E-state index contributed by atoms with van der Waals surface area (Å²) in [6, 6.07) is 0. The molecule has 0 spiro atoms. The van der Waals surface area contributed by atoms with E-state index in [1.165, 1.54) is 140 Å². The number of amides is 1. The van der Waals surface area contributed by atoms with E-state index in [1.54, 1.807) is 6.92 Å². The van der Waals surface area contributed by atoms with E-state index in [1.807, 2.05) is 0 Å². The van der Waals surface area contributed by atoms with Crippen molar-refractivity contribution in [2.45, 2.75) is 248 Å². The maximum atomic E-state index is 12.2. The summed E-state index contributed by atoms with van der Waals surface area (Å²) in [5, 5.41) is 2.98. The predicted molar refractivity (Wildman–Crippen MR) is 302 cm³/mol. The van der Waals surface area contributed by atoms with E-state index < -0.39 is 75.3 Å². The maximum absolute atomic E-state index is 12.2. The summed E-state index contributed by atoms with van der Waals surface area (Å²) in [7, 11) is -21.6. The minimum Gasteiger partial charge on any atom is -0.435 e. The zero-order valence-corrected chi connectivity index (χ0v) is 55.1. The molecule has 9 nitrogen and oxygen atoms in total. The van der Waals surface area contributed by atoms with Gasteiger partial charge in [0.2, 0.25) is 14.2 Å². The van der Waals surface area contributed by atoms with Gasteiger partial charge in [-0.1, -0.05) is 104 Å². The zero-order valence-electron chi connectivity index (χ0n) is 46.2. The Labute approximate surface area is 408 Å². The highest BCUT2D eigenvalue weighted by molar-refractivity contribution is 7.77. The van der Waals surface area contributed by atoms with Gasteiger partial charge in [-0.15, -0.1) is 0 Å². The van der Waals surface area contributed by atoms with Gasteiger partial charge in [0.05, 0.1) is 24.3 Å². The number of hydrogen-bond acceptors (Lipinski definition) is 8. The summed E-state index contributed by atoms with van der Waals surface area (Å²) in [5.74, 6) is 1.19. The first-order valence-corrected chi connectivity index (χ1v) is 51.5. The molecule has 0 saturated heterocycles. The average molecular weight is 1060 g/mol. The third-order valence-corrected chi connectivity index (χ3v) is 49.8. The van der Waals surface area contributed by atoms with Gasteiger partial charge in [-0.2, -0.15) is 0 Å². The molecule has 0 aromatic rings. The van der Waals surface area contributed by atoms with E-state index in [4.69, 9.17) is 28.8 Å². The molecule has 1 amide bonds. The molecule has 0 aromatic heterocycles. The lowest BCUT2D eigenvalue weighted by molar-refractivity contribution is -0.117. The van der Waals surface area contributed by atoms with Gasteiger partial charge < -0.3 is 34.1 Å². The molecular formula is C46H109NO8PSi8+. The normalized spacial score (nSPS) is 14.1. The first-order chi connectivity index (χ1) is 29.2. The van der Waals surface area contributed by atoms with E-state index in [-0.39, 0.29) is 5.91 Å². The molecule has 0 saturated carbocycles. The van der Waals surface area contributed by atoms with Crippen LogP contribution in [0, 0.1) is 0 Å². The molecule has 0 bridgehead atoms. The highest BCUT2D eigenvalue weighted by atomic mass is 31.2. The van der Waals surface area contributed by atoms with Crippen molar-refractivity contribution in [3.63, 3.8) is 0 Å². The molecule has 0 heterocycles. The van der Waals surface area contributed by atoms with Crippen LogP contribution in [0.4, 0.5) is 0 Å². The third-order valence-electron chi connectivity index (χ3n) is 11.2. The van der Waals surface area contributed by atoms with Gasteiger partial charge in [0.1, 0.15) is 0 Å². The molecule has 0 rings (SSSR count). The second-order valence-electron chi connectivity index (χ2n) is 23.1. The Hall–Kier alpha value is 1.10. The number of rotatable bonds is 40. The first kappa shape index (κ1) is 65.1. The fourth-order valence-electron chi connectivity index (χ4n) is 9.99. The largest absolute Gasteiger partial charge is 0.435 e. The Morgan fingerprint density at radius 1 is 0.406 bits per heavy atom. The van der Waals surface area contributed by atoms with Crippen LogP contribution in [0.15, 0.2) is 12.2 Å². The van der Waals surface area contributed by atoms with Gasteiger partial charge in [0, 0.05) is 19.0 Å². The number of unbranched alkanes of at least 4 members (excludes halogenated alkanes) is 15. The summed E-state index contributed by atoms with van der Waals surface area (Å²) >= 11 is 0. The Kier molecular flexibility index (Phi) is 30.6.